The van der Waals surface area contributed by atoms with E-state index in [1.807, 2.05) is 24.3 Å². The predicted octanol–water partition coefficient (Wildman–Crippen LogP) is 1.63. The van der Waals surface area contributed by atoms with Gasteiger partial charge in [-0.25, -0.2) is 0 Å². The van der Waals surface area contributed by atoms with Gasteiger partial charge in [0.05, 0.1) is 17.5 Å². The molecule has 0 bridgehead atoms. The van der Waals surface area contributed by atoms with Gasteiger partial charge in [0.1, 0.15) is 6.04 Å². The number of rotatable bonds is 1. The van der Waals surface area contributed by atoms with Gasteiger partial charge in [0, 0.05) is 7.05 Å². The zero-order valence-electron chi connectivity index (χ0n) is 9.71. The predicted molar refractivity (Wildman–Crippen MR) is 68.6 cm³/mol. The molecular formula is C12H11N3O2S. The molecule has 1 atom stereocenters. The second kappa shape index (κ2) is 3.78. The minimum absolute atomic E-state index is 0.169. The highest BCUT2D eigenvalue weighted by Crippen LogP contribution is 2.27. The largest absolute Gasteiger partial charge is 0.331 e. The van der Waals surface area contributed by atoms with E-state index >= 15 is 0 Å². The third-order valence-electron chi connectivity index (χ3n) is 3.29. The van der Waals surface area contributed by atoms with Crippen LogP contribution in [0.25, 0.3) is 11.0 Å². The van der Waals surface area contributed by atoms with Gasteiger partial charge in [0.2, 0.25) is 5.91 Å². The number of hydrogen-bond donors (Lipinski definition) is 1. The molecule has 0 radical (unpaired) electrons. The number of aromatic nitrogens is 2. The Morgan fingerprint density at radius 1 is 1.33 bits per heavy atom. The molecule has 1 aromatic carbocycles. The van der Waals surface area contributed by atoms with Crippen molar-refractivity contribution >= 4 is 35.1 Å². The van der Waals surface area contributed by atoms with Crippen LogP contribution < -0.4 is 0 Å². The number of amides is 2. The molecule has 6 heteroatoms. The van der Waals surface area contributed by atoms with Crippen LogP contribution in [-0.2, 0) is 9.59 Å². The van der Waals surface area contributed by atoms with E-state index in [1.54, 1.807) is 4.57 Å². The van der Waals surface area contributed by atoms with Crippen LogP contribution >= 0.6 is 12.2 Å². The fraction of sp³-hybridized carbons (Fsp3) is 0.250. The summed E-state index contributed by atoms with van der Waals surface area (Å²) in [6.45, 7) is 0. The van der Waals surface area contributed by atoms with Gasteiger partial charge >= 0.3 is 0 Å². The van der Waals surface area contributed by atoms with Gasteiger partial charge in [-0.05, 0) is 24.4 Å². The lowest BCUT2D eigenvalue weighted by molar-refractivity contribution is -0.137. The standard InChI is InChI=1S/C12H11N3O2S/c1-14-10(16)6-9(11(14)17)15-8-5-3-2-4-7(8)13-12(15)18/h2-5,9H,6H2,1H3,(H,13,18). The van der Waals surface area contributed by atoms with Crippen LogP contribution in [0.3, 0.4) is 0 Å². The molecule has 2 heterocycles. The smallest absolute Gasteiger partial charge is 0.252 e. The van der Waals surface area contributed by atoms with E-state index in [4.69, 9.17) is 12.2 Å². The Kier molecular flexibility index (Phi) is 2.34. The highest BCUT2D eigenvalue weighted by atomic mass is 32.1. The molecule has 2 amide bonds. The fourth-order valence-corrected chi connectivity index (χ4v) is 2.66. The number of nitrogens with zero attached hydrogens (tertiary/aromatic N) is 2. The number of H-pyrrole nitrogens is 1. The van der Waals surface area contributed by atoms with Crippen molar-refractivity contribution in [3.05, 3.63) is 29.0 Å². The number of imidazole rings is 1. The van der Waals surface area contributed by atoms with E-state index in [1.165, 1.54) is 7.05 Å². The van der Waals surface area contributed by atoms with Gasteiger partial charge in [-0.3, -0.25) is 14.5 Å². The van der Waals surface area contributed by atoms with E-state index in [9.17, 15) is 9.59 Å². The normalized spacial score (nSPS) is 20.1. The van der Waals surface area contributed by atoms with Crippen molar-refractivity contribution in [2.24, 2.45) is 0 Å². The first-order valence-electron chi connectivity index (χ1n) is 5.59. The molecule has 0 spiro atoms. The fourth-order valence-electron chi connectivity index (χ4n) is 2.32. The summed E-state index contributed by atoms with van der Waals surface area (Å²) in [5.74, 6) is -0.377. The molecule has 92 valence electrons. The molecule has 1 saturated heterocycles. The van der Waals surface area contributed by atoms with Crippen molar-refractivity contribution in [1.82, 2.24) is 14.5 Å². The summed E-state index contributed by atoms with van der Waals surface area (Å²) >= 11 is 5.25. The lowest BCUT2D eigenvalue weighted by Crippen LogP contribution is -2.26. The van der Waals surface area contributed by atoms with Crippen LogP contribution in [0.2, 0.25) is 0 Å². The summed E-state index contributed by atoms with van der Waals surface area (Å²) in [5.41, 5.74) is 1.72. The number of fused-ring (bicyclic) bond motifs is 1. The molecule has 0 aliphatic carbocycles. The lowest BCUT2D eigenvalue weighted by Gasteiger charge is -2.11. The molecule has 1 aromatic heterocycles. The van der Waals surface area contributed by atoms with Gasteiger partial charge in [-0.1, -0.05) is 12.1 Å². The Hall–Kier alpha value is -1.95. The maximum atomic E-state index is 12.0. The van der Waals surface area contributed by atoms with Gasteiger partial charge in [-0.2, -0.15) is 0 Å². The van der Waals surface area contributed by atoms with Crippen molar-refractivity contribution in [1.29, 1.82) is 0 Å². The van der Waals surface area contributed by atoms with E-state index in [0.29, 0.717) is 4.77 Å². The minimum Gasteiger partial charge on any atom is -0.331 e. The van der Waals surface area contributed by atoms with E-state index in [-0.39, 0.29) is 18.2 Å². The lowest BCUT2D eigenvalue weighted by atomic mass is 10.2. The minimum atomic E-state index is -0.522. The number of likely N-dealkylation sites (N-methyl/N-ethyl adjacent to an activating group) is 1. The number of imide groups is 1. The molecular weight excluding hydrogens is 250 g/mol. The summed E-state index contributed by atoms with van der Waals surface area (Å²) in [4.78, 5) is 27.8. The number of aromatic amines is 1. The summed E-state index contributed by atoms with van der Waals surface area (Å²) < 4.78 is 2.20. The average Bonchev–Trinajstić information content (AvgIpc) is 2.80. The Labute approximate surface area is 108 Å². The monoisotopic (exact) mass is 261 g/mol. The Bertz CT molecular complexity index is 715. The number of carbonyl (C=O) groups is 2. The summed E-state index contributed by atoms with van der Waals surface area (Å²) in [6.07, 6.45) is 0.172. The van der Waals surface area contributed by atoms with Crippen molar-refractivity contribution in [2.45, 2.75) is 12.5 Å². The van der Waals surface area contributed by atoms with Crippen LogP contribution in [0.15, 0.2) is 24.3 Å². The van der Waals surface area contributed by atoms with Crippen LogP contribution in [0.4, 0.5) is 0 Å². The topological polar surface area (TPSA) is 58.1 Å². The Morgan fingerprint density at radius 3 is 2.72 bits per heavy atom. The maximum Gasteiger partial charge on any atom is 0.252 e. The molecule has 1 fully saturated rings. The zero-order valence-corrected chi connectivity index (χ0v) is 10.5. The Balaban J connectivity index is 2.21. The van der Waals surface area contributed by atoms with Gasteiger partial charge < -0.3 is 9.55 Å². The number of hydrogen-bond acceptors (Lipinski definition) is 3. The highest BCUT2D eigenvalue weighted by molar-refractivity contribution is 7.71. The van der Waals surface area contributed by atoms with Crippen molar-refractivity contribution in [3.8, 4) is 0 Å². The van der Waals surface area contributed by atoms with Gasteiger partial charge in [0.15, 0.2) is 4.77 Å². The molecule has 0 saturated carbocycles. The van der Waals surface area contributed by atoms with Crippen LogP contribution in [-0.4, -0.2) is 33.3 Å². The molecule has 18 heavy (non-hydrogen) atoms. The van der Waals surface area contributed by atoms with Gasteiger partial charge in [0.25, 0.3) is 5.91 Å². The number of nitrogens with one attached hydrogen (secondary N) is 1. The molecule has 1 aliphatic rings. The van der Waals surface area contributed by atoms with Crippen molar-refractivity contribution < 1.29 is 9.59 Å². The molecule has 2 aromatic rings. The number of benzene rings is 1. The molecule has 1 aliphatic heterocycles. The average molecular weight is 261 g/mol. The first kappa shape index (κ1) is 11.2. The van der Waals surface area contributed by atoms with Crippen LogP contribution in [0.1, 0.15) is 12.5 Å². The highest BCUT2D eigenvalue weighted by Gasteiger charge is 2.38. The van der Waals surface area contributed by atoms with Crippen LogP contribution in [0.5, 0.6) is 0 Å². The van der Waals surface area contributed by atoms with Crippen LogP contribution in [0, 0.1) is 4.77 Å². The number of carbonyl (C=O) groups excluding carboxylic acids is 2. The molecule has 5 nitrogen and oxygen atoms in total. The van der Waals surface area contributed by atoms with Crippen molar-refractivity contribution in [2.75, 3.05) is 7.05 Å². The third kappa shape index (κ3) is 1.42. The zero-order chi connectivity index (χ0) is 12.9. The first-order chi connectivity index (χ1) is 8.59. The first-order valence-corrected chi connectivity index (χ1v) is 6.00. The number of para-hydroxylation sites is 2. The van der Waals surface area contributed by atoms with E-state index in [2.05, 4.69) is 4.98 Å². The van der Waals surface area contributed by atoms with E-state index in [0.717, 1.165) is 15.9 Å². The molecule has 1 unspecified atom stereocenters. The van der Waals surface area contributed by atoms with Crippen molar-refractivity contribution in [3.63, 3.8) is 0 Å². The van der Waals surface area contributed by atoms with Gasteiger partial charge in [-0.15, -0.1) is 0 Å². The summed E-state index contributed by atoms with van der Waals surface area (Å²) in [7, 11) is 1.50. The SMILES string of the molecule is CN1C(=O)CC(n2c(=S)[nH]c3ccccc32)C1=O. The second-order valence-corrected chi connectivity index (χ2v) is 4.71. The third-order valence-corrected chi connectivity index (χ3v) is 3.59. The maximum absolute atomic E-state index is 12.0. The Morgan fingerprint density at radius 2 is 2.06 bits per heavy atom. The number of likely N-dealkylation sites (tertiary alicyclic amines) is 1. The summed E-state index contributed by atoms with van der Waals surface area (Å²) in [5, 5.41) is 0. The summed E-state index contributed by atoms with van der Waals surface area (Å²) in [6, 6.07) is 7.04. The molecule has 1 N–H and O–H groups in total. The van der Waals surface area contributed by atoms with E-state index < -0.39 is 6.04 Å². The molecule has 3 rings (SSSR count). The second-order valence-electron chi connectivity index (χ2n) is 4.33. The quantitative estimate of drug-likeness (QED) is 0.627.